The summed E-state index contributed by atoms with van der Waals surface area (Å²) in [5, 5.41) is 9.82. The molecule has 12 heteroatoms. The Balaban J connectivity index is 4.69. The van der Waals surface area contributed by atoms with Gasteiger partial charge in [-0.2, -0.15) is 0 Å². The van der Waals surface area contributed by atoms with Gasteiger partial charge in [-0.15, -0.1) is 0 Å². The van der Waals surface area contributed by atoms with Crippen LogP contribution >= 0.6 is 7.82 Å². The molecule has 0 aliphatic heterocycles. The molecule has 0 aromatic heterocycles. The van der Waals surface area contributed by atoms with Crippen LogP contribution in [0, 0.1) is 0 Å². The predicted octanol–water partition coefficient (Wildman–Crippen LogP) is 17.6. The molecule has 0 fully saturated rings. The Kier molecular flexibility index (Phi) is 53.2. The van der Waals surface area contributed by atoms with Crippen molar-refractivity contribution in [3.63, 3.8) is 0 Å². The average Bonchev–Trinajstić information content (AvgIpc) is 3.37. The molecule has 422 valence electrons. The number of aliphatic hydroxyl groups excluding tert-OH is 1. The van der Waals surface area contributed by atoms with Crippen molar-refractivity contribution in [3.8, 4) is 0 Å². The van der Waals surface area contributed by atoms with E-state index in [1.807, 2.05) is 0 Å². The van der Waals surface area contributed by atoms with Gasteiger partial charge in [-0.1, -0.05) is 256 Å². The summed E-state index contributed by atoms with van der Waals surface area (Å²) in [6, 6.07) is 0. The molecule has 0 aromatic carbocycles. The Hall–Kier alpha value is -2.30. The topological polar surface area (TPSA) is 155 Å². The van der Waals surface area contributed by atoms with Crippen LogP contribution in [0.3, 0.4) is 0 Å². The highest BCUT2D eigenvalue weighted by Crippen LogP contribution is 2.43. The molecule has 0 radical (unpaired) electrons. The summed E-state index contributed by atoms with van der Waals surface area (Å²) in [5.41, 5.74) is 0. The summed E-state index contributed by atoms with van der Waals surface area (Å²) in [6.45, 7) is 4.57. The lowest BCUT2D eigenvalue weighted by Gasteiger charge is -2.21. The predicted molar refractivity (Wildman–Crippen MR) is 298 cm³/mol. The quantitative estimate of drug-likeness (QED) is 0.0197. The molecular weight excluding hydrogens is 928 g/mol. The number of hydrogen-bond acceptors (Lipinski definition) is 10. The van der Waals surface area contributed by atoms with Crippen LogP contribution < -0.4 is 0 Å². The molecule has 72 heavy (non-hydrogen) atoms. The number of phosphoric ester groups is 1. The molecule has 0 amide bonds. The number of carbonyl (C=O) groups is 3. The van der Waals surface area contributed by atoms with Crippen molar-refractivity contribution >= 4 is 25.7 Å². The normalized spacial score (nSPS) is 13.6. The van der Waals surface area contributed by atoms with Crippen molar-refractivity contribution in [1.82, 2.24) is 0 Å². The van der Waals surface area contributed by atoms with Gasteiger partial charge in [0.05, 0.1) is 19.8 Å². The van der Waals surface area contributed by atoms with Crippen molar-refractivity contribution in [1.29, 1.82) is 0 Å². The lowest BCUT2D eigenvalue weighted by molar-refractivity contribution is -0.161. The third-order valence-electron chi connectivity index (χ3n) is 13.1. The molecule has 2 N–H and O–H groups in total. The van der Waals surface area contributed by atoms with Gasteiger partial charge < -0.3 is 24.2 Å². The van der Waals surface area contributed by atoms with Crippen LogP contribution in [0.4, 0.5) is 0 Å². The van der Waals surface area contributed by atoms with Crippen LogP contribution in [0.5, 0.6) is 0 Å². The van der Waals surface area contributed by atoms with Crippen LogP contribution in [0.1, 0.15) is 290 Å². The van der Waals surface area contributed by atoms with Crippen molar-refractivity contribution in [3.05, 3.63) is 36.5 Å². The standard InChI is InChI=1S/C60H111O11P/c1-4-7-10-13-16-19-22-25-28-31-34-37-40-43-46-49-58(62)67-53-57(71-60(64)51-48-45-42-39-36-33-30-27-24-21-18-15-12-9-6-3)55-69-72(65,66)68-54-56(52-61)70-59(63)50-47-44-41-38-35-32-29-26-23-20-17-14-11-8-5-2/h7,10,16,19,25,28,56-57,61H,4-6,8-9,11-15,17-18,20-24,26-27,29-55H2,1-3H3,(H,65,66)/b10-7-,19-16-,28-25-. The van der Waals surface area contributed by atoms with E-state index in [0.29, 0.717) is 19.3 Å². The zero-order valence-corrected chi connectivity index (χ0v) is 47.6. The first-order valence-electron chi connectivity index (χ1n) is 29.9. The number of phosphoric acid groups is 1. The fourth-order valence-electron chi connectivity index (χ4n) is 8.55. The minimum atomic E-state index is -4.74. The Morgan fingerprint density at radius 3 is 1.11 bits per heavy atom. The van der Waals surface area contributed by atoms with Gasteiger partial charge in [-0.05, 0) is 51.4 Å². The van der Waals surface area contributed by atoms with E-state index in [0.717, 1.165) is 89.9 Å². The Morgan fingerprint density at radius 2 is 0.722 bits per heavy atom. The molecule has 0 saturated carbocycles. The summed E-state index contributed by atoms with van der Waals surface area (Å²) in [6.07, 6.45) is 56.7. The summed E-state index contributed by atoms with van der Waals surface area (Å²) in [5.74, 6) is -1.46. The van der Waals surface area contributed by atoms with E-state index in [1.165, 1.54) is 141 Å². The summed E-state index contributed by atoms with van der Waals surface area (Å²) < 4.78 is 39.6. The van der Waals surface area contributed by atoms with Gasteiger partial charge in [0.25, 0.3) is 0 Å². The first-order chi connectivity index (χ1) is 35.2. The Morgan fingerprint density at radius 1 is 0.403 bits per heavy atom. The van der Waals surface area contributed by atoms with E-state index >= 15 is 0 Å². The fourth-order valence-corrected chi connectivity index (χ4v) is 9.33. The third kappa shape index (κ3) is 52.6. The van der Waals surface area contributed by atoms with Crippen LogP contribution in [0.25, 0.3) is 0 Å². The van der Waals surface area contributed by atoms with Crippen LogP contribution in [-0.4, -0.2) is 66.5 Å². The average molecular weight is 1040 g/mol. The number of unbranched alkanes of at least 4 members (excludes halogenated alkanes) is 33. The number of aliphatic hydroxyl groups is 1. The smallest absolute Gasteiger partial charge is 0.462 e. The van der Waals surface area contributed by atoms with E-state index in [-0.39, 0.29) is 25.9 Å². The Bertz CT molecular complexity index is 1350. The molecule has 0 aromatic rings. The van der Waals surface area contributed by atoms with Crippen molar-refractivity contribution in [2.75, 3.05) is 26.4 Å². The molecule has 0 heterocycles. The minimum Gasteiger partial charge on any atom is -0.462 e. The molecule has 0 aliphatic rings. The van der Waals surface area contributed by atoms with E-state index < -0.39 is 57.8 Å². The lowest BCUT2D eigenvalue weighted by Crippen LogP contribution is -2.30. The van der Waals surface area contributed by atoms with Gasteiger partial charge in [0, 0.05) is 19.3 Å². The number of esters is 3. The number of allylic oxidation sites excluding steroid dienone is 6. The highest BCUT2D eigenvalue weighted by molar-refractivity contribution is 7.47. The second-order valence-corrected chi connectivity index (χ2v) is 21.6. The van der Waals surface area contributed by atoms with Gasteiger partial charge in [0.1, 0.15) is 12.7 Å². The number of carbonyl (C=O) groups excluding carboxylic acids is 3. The van der Waals surface area contributed by atoms with Crippen molar-refractivity contribution in [2.24, 2.45) is 0 Å². The molecule has 3 unspecified atom stereocenters. The first kappa shape index (κ1) is 69.7. The summed E-state index contributed by atoms with van der Waals surface area (Å²) in [4.78, 5) is 48.6. The van der Waals surface area contributed by atoms with Crippen LogP contribution in [0.15, 0.2) is 36.5 Å². The van der Waals surface area contributed by atoms with Crippen LogP contribution in [0.2, 0.25) is 0 Å². The lowest BCUT2D eigenvalue weighted by atomic mass is 10.0. The fraction of sp³-hybridized carbons (Fsp3) is 0.850. The van der Waals surface area contributed by atoms with Gasteiger partial charge in [0.15, 0.2) is 6.10 Å². The van der Waals surface area contributed by atoms with E-state index in [2.05, 4.69) is 57.2 Å². The highest BCUT2D eigenvalue weighted by atomic mass is 31.2. The molecule has 3 atom stereocenters. The molecule has 11 nitrogen and oxygen atoms in total. The van der Waals surface area contributed by atoms with E-state index in [1.54, 1.807) is 0 Å². The van der Waals surface area contributed by atoms with Gasteiger partial charge in [0.2, 0.25) is 0 Å². The second-order valence-electron chi connectivity index (χ2n) is 20.1. The van der Waals surface area contributed by atoms with Gasteiger partial charge in [-0.3, -0.25) is 23.4 Å². The van der Waals surface area contributed by atoms with E-state index in [9.17, 15) is 28.9 Å². The van der Waals surface area contributed by atoms with Crippen molar-refractivity contribution in [2.45, 2.75) is 303 Å². The second kappa shape index (κ2) is 54.9. The first-order valence-corrected chi connectivity index (χ1v) is 31.4. The maximum atomic E-state index is 12.9. The molecule has 0 saturated heterocycles. The third-order valence-corrected chi connectivity index (χ3v) is 14.0. The zero-order valence-electron chi connectivity index (χ0n) is 46.7. The zero-order chi connectivity index (χ0) is 52.7. The summed E-state index contributed by atoms with van der Waals surface area (Å²) >= 11 is 0. The highest BCUT2D eigenvalue weighted by Gasteiger charge is 2.28. The Labute approximate surface area is 441 Å². The molecular formula is C60H111O11P. The van der Waals surface area contributed by atoms with E-state index in [4.69, 9.17) is 23.3 Å². The maximum absolute atomic E-state index is 12.9. The molecule has 0 bridgehead atoms. The SMILES string of the molecule is CC/C=C\C/C=C\C/C=C\CCCCCCCC(=O)OCC(COP(=O)(O)OCC(CO)OC(=O)CCCCCCCCCCCCCCCCC)OC(=O)CCCCCCCCCCCCCCCCC. The minimum absolute atomic E-state index is 0.169. The summed E-state index contributed by atoms with van der Waals surface area (Å²) in [7, 11) is -4.74. The molecule has 0 rings (SSSR count). The molecule has 0 spiro atoms. The number of rotatable bonds is 56. The van der Waals surface area contributed by atoms with Crippen molar-refractivity contribution < 1.29 is 52.2 Å². The monoisotopic (exact) mass is 1040 g/mol. The maximum Gasteiger partial charge on any atom is 0.472 e. The number of ether oxygens (including phenoxy) is 3. The van der Waals surface area contributed by atoms with Gasteiger partial charge in [-0.25, -0.2) is 4.57 Å². The largest absolute Gasteiger partial charge is 0.472 e. The van der Waals surface area contributed by atoms with Crippen LogP contribution in [-0.2, 0) is 42.2 Å². The van der Waals surface area contributed by atoms with Gasteiger partial charge >= 0.3 is 25.7 Å². The molecule has 0 aliphatic carbocycles. The number of hydrogen-bond donors (Lipinski definition) is 2.